The Morgan fingerprint density at radius 1 is 1.28 bits per heavy atom. The quantitative estimate of drug-likeness (QED) is 0.532. The summed E-state index contributed by atoms with van der Waals surface area (Å²) in [5.74, 6) is -0.278. The predicted octanol–water partition coefficient (Wildman–Crippen LogP) is 3.67. The van der Waals surface area contributed by atoms with Crippen LogP contribution in [0.1, 0.15) is 11.1 Å². The molecule has 7 heteroatoms. The van der Waals surface area contributed by atoms with Crippen LogP contribution in [0.5, 0.6) is 11.5 Å². The minimum Gasteiger partial charge on any atom is -0.502 e. The van der Waals surface area contributed by atoms with E-state index in [0.717, 1.165) is 5.56 Å². The van der Waals surface area contributed by atoms with Gasteiger partial charge in [-0.3, -0.25) is 4.79 Å². The van der Waals surface area contributed by atoms with Gasteiger partial charge in [-0.25, -0.2) is 0 Å². The van der Waals surface area contributed by atoms with Crippen LogP contribution in [-0.4, -0.2) is 18.2 Å². The van der Waals surface area contributed by atoms with Crippen LogP contribution in [0, 0.1) is 0 Å². The van der Waals surface area contributed by atoms with Crippen LogP contribution in [0.25, 0.3) is 11.0 Å². The highest BCUT2D eigenvalue weighted by Crippen LogP contribution is 2.37. The lowest BCUT2D eigenvalue weighted by molar-refractivity contribution is -0.139. The molecule has 0 spiro atoms. The van der Waals surface area contributed by atoms with Crippen LogP contribution in [0.15, 0.2) is 41.0 Å². The van der Waals surface area contributed by atoms with Gasteiger partial charge < -0.3 is 24.7 Å². The van der Waals surface area contributed by atoms with Crippen LogP contribution >= 0.6 is 11.6 Å². The van der Waals surface area contributed by atoms with Crippen molar-refractivity contribution in [2.45, 2.75) is 13.0 Å². The molecular formula is C18H16ClNO5. The molecule has 0 amide bonds. The van der Waals surface area contributed by atoms with E-state index in [1.807, 2.05) is 0 Å². The van der Waals surface area contributed by atoms with Gasteiger partial charge in [-0.2, -0.15) is 0 Å². The highest BCUT2D eigenvalue weighted by atomic mass is 35.5. The second kappa shape index (κ2) is 6.94. The van der Waals surface area contributed by atoms with Gasteiger partial charge in [-0.15, -0.1) is 0 Å². The number of anilines is 1. The summed E-state index contributed by atoms with van der Waals surface area (Å²) in [6.07, 6.45) is 1.48. The normalized spacial score (nSPS) is 10.8. The van der Waals surface area contributed by atoms with Gasteiger partial charge in [0.05, 0.1) is 19.8 Å². The Kier molecular flexibility index (Phi) is 4.72. The Labute approximate surface area is 148 Å². The first kappa shape index (κ1) is 17.0. The van der Waals surface area contributed by atoms with E-state index in [1.165, 1.54) is 13.4 Å². The predicted molar refractivity (Wildman–Crippen MR) is 93.8 cm³/mol. The molecule has 3 N–H and O–H groups in total. The van der Waals surface area contributed by atoms with Crippen LogP contribution < -0.4 is 10.5 Å². The number of methoxy groups -OCH3 is 1. The van der Waals surface area contributed by atoms with Gasteiger partial charge in [0.15, 0.2) is 11.3 Å². The van der Waals surface area contributed by atoms with Crippen LogP contribution in [0.3, 0.4) is 0 Å². The lowest BCUT2D eigenvalue weighted by Crippen LogP contribution is -2.03. The second-order valence-electron chi connectivity index (χ2n) is 5.44. The third-order valence-electron chi connectivity index (χ3n) is 3.78. The maximum absolute atomic E-state index is 11.4. The van der Waals surface area contributed by atoms with Gasteiger partial charge in [0.1, 0.15) is 6.61 Å². The number of carbonyl (C=O) groups excluding carboxylic acids is 1. The topological polar surface area (TPSA) is 94.9 Å². The standard InChI is InChI=1S/C18H16ClNO5/c1-23-16(21)6-11-9-25-18-13(11)4-5-15(17(18)22)24-8-10-2-3-12(20)7-14(10)19/h2-5,7,9,22H,6,8,20H2,1H3. The molecule has 0 saturated heterocycles. The van der Waals surface area contributed by atoms with Gasteiger partial charge in [-0.1, -0.05) is 17.7 Å². The van der Waals surface area contributed by atoms with Crippen molar-refractivity contribution in [1.82, 2.24) is 0 Å². The van der Waals surface area contributed by atoms with Gasteiger partial charge in [0, 0.05) is 27.2 Å². The fraction of sp³-hybridized carbons (Fsp3) is 0.167. The van der Waals surface area contributed by atoms with Gasteiger partial charge in [0.25, 0.3) is 0 Å². The summed E-state index contributed by atoms with van der Waals surface area (Å²) in [7, 11) is 1.32. The Bertz CT molecular complexity index is 935. The van der Waals surface area contributed by atoms with Crippen molar-refractivity contribution in [3.8, 4) is 11.5 Å². The van der Waals surface area contributed by atoms with Crippen molar-refractivity contribution in [3.05, 3.63) is 52.7 Å². The minimum absolute atomic E-state index is 0.0597. The number of nitrogens with two attached hydrogens (primary N) is 1. The highest BCUT2D eigenvalue weighted by molar-refractivity contribution is 6.31. The molecular weight excluding hydrogens is 346 g/mol. The maximum Gasteiger partial charge on any atom is 0.310 e. The average molecular weight is 362 g/mol. The summed E-state index contributed by atoms with van der Waals surface area (Å²) in [4.78, 5) is 11.4. The molecule has 0 aliphatic rings. The third-order valence-corrected chi connectivity index (χ3v) is 4.13. The average Bonchev–Trinajstić information content (AvgIpc) is 2.99. The molecule has 3 rings (SSSR count). The summed E-state index contributed by atoms with van der Waals surface area (Å²) in [5, 5.41) is 11.5. The molecule has 0 aliphatic carbocycles. The molecule has 0 aliphatic heterocycles. The molecule has 1 aromatic heterocycles. The van der Waals surface area contributed by atoms with E-state index in [0.29, 0.717) is 21.7 Å². The number of benzene rings is 2. The fourth-order valence-corrected chi connectivity index (χ4v) is 2.68. The maximum atomic E-state index is 11.4. The monoisotopic (exact) mass is 361 g/mol. The number of ether oxygens (including phenoxy) is 2. The van der Waals surface area contributed by atoms with E-state index < -0.39 is 0 Å². The number of aromatic hydroxyl groups is 1. The Hall–Kier alpha value is -2.86. The molecule has 0 atom stereocenters. The van der Waals surface area contributed by atoms with Crippen molar-refractivity contribution >= 4 is 34.2 Å². The third kappa shape index (κ3) is 3.49. The fourth-order valence-electron chi connectivity index (χ4n) is 2.44. The van der Waals surface area contributed by atoms with Gasteiger partial charge in [-0.05, 0) is 24.3 Å². The van der Waals surface area contributed by atoms with E-state index in [4.69, 9.17) is 26.5 Å². The number of halogens is 1. The number of phenolic OH excluding ortho intramolecular Hbond substituents is 1. The Morgan fingerprint density at radius 2 is 2.08 bits per heavy atom. The second-order valence-corrected chi connectivity index (χ2v) is 5.85. The van der Waals surface area contributed by atoms with E-state index in [-0.39, 0.29) is 36.1 Å². The van der Waals surface area contributed by atoms with E-state index in [1.54, 1.807) is 30.3 Å². The van der Waals surface area contributed by atoms with Crippen molar-refractivity contribution in [2.75, 3.05) is 12.8 Å². The molecule has 0 fully saturated rings. The minimum atomic E-state index is -0.388. The number of rotatable bonds is 5. The molecule has 0 saturated carbocycles. The zero-order chi connectivity index (χ0) is 18.0. The molecule has 0 radical (unpaired) electrons. The number of nitrogen functional groups attached to an aromatic ring is 1. The molecule has 0 bridgehead atoms. The zero-order valence-corrected chi connectivity index (χ0v) is 14.2. The van der Waals surface area contributed by atoms with Crippen molar-refractivity contribution in [1.29, 1.82) is 0 Å². The molecule has 130 valence electrons. The lowest BCUT2D eigenvalue weighted by Gasteiger charge is -2.10. The lowest BCUT2D eigenvalue weighted by atomic mass is 10.1. The molecule has 25 heavy (non-hydrogen) atoms. The number of esters is 1. The molecule has 6 nitrogen and oxygen atoms in total. The summed E-state index contributed by atoms with van der Waals surface area (Å²) >= 11 is 6.11. The van der Waals surface area contributed by atoms with E-state index in [9.17, 15) is 9.90 Å². The highest BCUT2D eigenvalue weighted by Gasteiger charge is 2.17. The first-order valence-electron chi connectivity index (χ1n) is 7.45. The van der Waals surface area contributed by atoms with Crippen molar-refractivity contribution in [2.24, 2.45) is 0 Å². The van der Waals surface area contributed by atoms with E-state index in [2.05, 4.69) is 4.74 Å². The largest absolute Gasteiger partial charge is 0.502 e. The van der Waals surface area contributed by atoms with Crippen LogP contribution in [0.2, 0.25) is 5.02 Å². The summed E-state index contributed by atoms with van der Waals surface area (Å²) < 4.78 is 15.7. The number of carbonyl (C=O) groups is 1. The number of hydrogen-bond acceptors (Lipinski definition) is 6. The SMILES string of the molecule is COC(=O)Cc1coc2c(O)c(OCc3ccc(N)cc3Cl)ccc12. The van der Waals surface area contributed by atoms with Crippen molar-refractivity contribution in [3.63, 3.8) is 0 Å². The molecule has 2 aromatic carbocycles. The van der Waals surface area contributed by atoms with Crippen molar-refractivity contribution < 1.29 is 23.8 Å². The van der Waals surface area contributed by atoms with Gasteiger partial charge >= 0.3 is 5.97 Å². The Balaban J connectivity index is 1.83. The smallest absolute Gasteiger partial charge is 0.310 e. The van der Waals surface area contributed by atoms with E-state index >= 15 is 0 Å². The summed E-state index contributed by atoms with van der Waals surface area (Å²) in [6.45, 7) is 0.161. The first-order chi connectivity index (χ1) is 12.0. The number of hydrogen-bond donors (Lipinski definition) is 2. The van der Waals surface area contributed by atoms with Gasteiger partial charge in [0.2, 0.25) is 5.75 Å². The first-order valence-corrected chi connectivity index (χ1v) is 7.83. The van der Waals surface area contributed by atoms with Crippen LogP contribution in [-0.2, 0) is 22.6 Å². The number of furan rings is 1. The number of phenols is 1. The summed E-state index contributed by atoms with van der Waals surface area (Å²) in [6, 6.07) is 8.44. The summed E-state index contributed by atoms with van der Waals surface area (Å²) in [5.41, 5.74) is 7.84. The number of fused-ring (bicyclic) bond motifs is 1. The zero-order valence-electron chi connectivity index (χ0n) is 13.4. The van der Waals surface area contributed by atoms with Crippen LogP contribution in [0.4, 0.5) is 5.69 Å². The molecule has 0 unspecified atom stereocenters. The Morgan fingerprint density at radius 3 is 2.80 bits per heavy atom. The molecule has 1 heterocycles. The molecule has 3 aromatic rings.